The van der Waals surface area contributed by atoms with E-state index in [9.17, 15) is 0 Å². The van der Waals surface area contributed by atoms with Crippen LogP contribution >= 0.6 is 0 Å². The van der Waals surface area contributed by atoms with Gasteiger partial charge in [0.25, 0.3) is 0 Å². The van der Waals surface area contributed by atoms with E-state index in [4.69, 9.17) is 10.8 Å². The van der Waals surface area contributed by atoms with Crippen molar-refractivity contribution >= 4 is 0 Å². The Labute approximate surface area is 69.2 Å². The molecule has 1 unspecified atom stereocenters. The summed E-state index contributed by atoms with van der Waals surface area (Å²) in [4.78, 5) is 2.15. The third-order valence-electron chi connectivity index (χ3n) is 1.66. The van der Waals surface area contributed by atoms with Gasteiger partial charge in [-0.1, -0.05) is 0 Å². The molecule has 0 spiro atoms. The van der Waals surface area contributed by atoms with Gasteiger partial charge in [0.1, 0.15) is 0 Å². The molecule has 0 bridgehead atoms. The first kappa shape index (κ1) is 10.9. The van der Waals surface area contributed by atoms with E-state index < -0.39 is 0 Å². The van der Waals surface area contributed by atoms with E-state index in [0.29, 0.717) is 6.54 Å². The van der Waals surface area contributed by atoms with Crippen molar-refractivity contribution < 1.29 is 5.11 Å². The van der Waals surface area contributed by atoms with Crippen molar-refractivity contribution in [3.8, 4) is 0 Å². The van der Waals surface area contributed by atoms with Gasteiger partial charge >= 0.3 is 0 Å². The lowest BCUT2D eigenvalue weighted by molar-refractivity contribution is 0.167. The van der Waals surface area contributed by atoms with Crippen molar-refractivity contribution in [2.24, 2.45) is 5.73 Å². The molecule has 0 heterocycles. The van der Waals surface area contributed by atoms with E-state index >= 15 is 0 Å². The zero-order chi connectivity index (χ0) is 8.69. The fourth-order valence-electron chi connectivity index (χ4n) is 0.926. The van der Waals surface area contributed by atoms with Gasteiger partial charge in [-0.05, 0) is 39.9 Å². The Kier molecular flexibility index (Phi) is 6.51. The Morgan fingerprint density at radius 1 is 1.36 bits per heavy atom. The number of unbranched alkanes of at least 4 members (excludes halogenated alkanes) is 1. The van der Waals surface area contributed by atoms with Gasteiger partial charge in [-0.25, -0.2) is 0 Å². The fraction of sp³-hybridized carbons (Fsp3) is 1.00. The minimum absolute atomic E-state index is 0.294. The van der Waals surface area contributed by atoms with E-state index in [1.54, 1.807) is 0 Å². The Balaban J connectivity index is 3.01. The molecule has 0 radical (unpaired) electrons. The molecule has 3 N–H and O–H groups in total. The van der Waals surface area contributed by atoms with Gasteiger partial charge in [-0.2, -0.15) is 0 Å². The smallest absolute Gasteiger partial charge is 0.0662 e. The van der Waals surface area contributed by atoms with Gasteiger partial charge in [-0.15, -0.1) is 0 Å². The molecule has 0 saturated carbocycles. The van der Waals surface area contributed by atoms with Crippen molar-refractivity contribution in [2.45, 2.75) is 25.4 Å². The summed E-state index contributed by atoms with van der Waals surface area (Å²) in [7, 11) is 4.11. The summed E-state index contributed by atoms with van der Waals surface area (Å²) < 4.78 is 0. The molecule has 3 nitrogen and oxygen atoms in total. The van der Waals surface area contributed by atoms with Crippen LogP contribution in [0.2, 0.25) is 0 Å². The van der Waals surface area contributed by atoms with Crippen LogP contribution in [0.3, 0.4) is 0 Å². The van der Waals surface area contributed by atoms with Gasteiger partial charge in [0.2, 0.25) is 0 Å². The van der Waals surface area contributed by atoms with Crippen LogP contribution in [0.25, 0.3) is 0 Å². The van der Waals surface area contributed by atoms with Crippen molar-refractivity contribution in [3.05, 3.63) is 0 Å². The second kappa shape index (κ2) is 6.58. The molecule has 11 heavy (non-hydrogen) atoms. The number of rotatable bonds is 6. The molecule has 0 saturated heterocycles. The van der Waals surface area contributed by atoms with E-state index in [-0.39, 0.29) is 6.10 Å². The first-order valence-electron chi connectivity index (χ1n) is 4.19. The van der Waals surface area contributed by atoms with Gasteiger partial charge in [0.05, 0.1) is 6.10 Å². The summed E-state index contributed by atoms with van der Waals surface area (Å²) in [5.74, 6) is 0. The molecule has 0 aromatic rings. The van der Waals surface area contributed by atoms with Gasteiger partial charge in [-0.3, -0.25) is 0 Å². The summed E-state index contributed by atoms with van der Waals surface area (Å²) in [5.41, 5.74) is 5.25. The van der Waals surface area contributed by atoms with Crippen LogP contribution in [0.15, 0.2) is 0 Å². The number of nitrogens with two attached hydrogens (primary N) is 1. The lowest BCUT2D eigenvalue weighted by Gasteiger charge is -2.10. The standard InChI is InChI=1S/C8H20N2O/c1-10(2)6-4-3-5-8(11)7-9/h8,11H,3-7,9H2,1-2H3. The highest BCUT2D eigenvalue weighted by Crippen LogP contribution is 1.99. The lowest BCUT2D eigenvalue weighted by atomic mass is 10.1. The molecule has 0 aromatic heterocycles. The van der Waals surface area contributed by atoms with Crippen LogP contribution in [0.4, 0.5) is 0 Å². The Morgan fingerprint density at radius 2 is 2.00 bits per heavy atom. The number of nitrogens with zero attached hydrogens (tertiary/aromatic N) is 1. The minimum atomic E-state index is -0.294. The zero-order valence-corrected chi connectivity index (χ0v) is 7.58. The predicted molar refractivity (Wildman–Crippen MR) is 47.5 cm³/mol. The lowest BCUT2D eigenvalue weighted by Crippen LogP contribution is -2.20. The molecular weight excluding hydrogens is 140 g/mol. The monoisotopic (exact) mass is 160 g/mol. The molecule has 0 aliphatic rings. The fourth-order valence-corrected chi connectivity index (χ4v) is 0.926. The molecule has 0 aliphatic carbocycles. The van der Waals surface area contributed by atoms with Crippen LogP contribution in [0, 0.1) is 0 Å². The van der Waals surface area contributed by atoms with Gasteiger partial charge in [0, 0.05) is 6.54 Å². The van der Waals surface area contributed by atoms with Crippen LogP contribution in [-0.2, 0) is 0 Å². The zero-order valence-electron chi connectivity index (χ0n) is 7.58. The van der Waals surface area contributed by atoms with Crippen LogP contribution < -0.4 is 5.73 Å². The van der Waals surface area contributed by atoms with Crippen LogP contribution in [-0.4, -0.2) is 43.3 Å². The molecular formula is C8H20N2O. The normalized spacial score (nSPS) is 13.9. The maximum Gasteiger partial charge on any atom is 0.0662 e. The number of hydrogen-bond acceptors (Lipinski definition) is 3. The molecule has 0 rings (SSSR count). The number of aliphatic hydroxyl groups excluding tert-OH is 1. The second-order valence-electron chi connectivity index (χ2n) is 3.19. The highest BCUT2D eigenvalue weighted by Gasteiger charge is 1.99. The Bertz CT molecular complexity index is 86.2. The molecule has 0 amide bonds. The largest absolute Gasteiger partial charge is 0.392 e. The first-order valence-corrected chi connectivity index (χ1v) is 4.19. The van der Waals surface area contributed by atoms with Crippen molar-refractivity contribution in [1.82, 2.24) is 4.90 Å². The van der Waals surface area contributed by atoms with E-state index in [2.05, 4.69) is 19.0 Å². The summed E-state index contributed by atoms with van der Waals surface area (Å²) >= 11 is 0. The van der Waals surface area contributed by atoms with E-state index in [0.717, 1.165) is 25.8 Å². The summed E-state index contributed by atoms with van der Waals surface area (Å²) in [6.07, 6.45) is 2.75. The van der Waals surface area contributed by atoms with E-state index in [1.807, 2.05) is 0 Å². The molecule has 3 heteroatoms. The minimum Gasteiger partial charge on any atom is -0.392 e. The molecule has 0 aromatic carbocycles. The quantitative estimate of drug-likeness (QED) is 0.539. The van der Waals surface area contributed by atoms with Crippen molar-refractivity contribution in [3.63, 3.8) is 0 Å². The molecule has 1 atom stereocenters. The Hall–Kier alpha value is -0.120. The van der Waals surface area contributed by atoms with Crippen LogP contribution in [0.1, 0.15) is 19.3 Å². The summed E-state index contributed by atoms with van der Waals surface area (Å²) in [5, 5.41) is 9.08. The highest BCUT2D eigenvalue weighted by atomic mass is 16.3. The Morgan fingerprint density at radius 3 is 2.45 bits per heavy atom. The summed E-state index contributed by atoms with van der Waals surface area (Å²) in [6.45, 7) is 1.49. The average Bonchev–Trinajstić information content (AvgIpc) is 1.97. The maximum atomic E-state index is 9.08. The predicted octanol–water partition coefficient (Wildman–Crippen LogP) is 0.0379. The topological polar surface area (TPSA) is 49.5 Å². The number of aliphatic hydroxyl groups is 1. The van der Waals surface area contributed by atoms with Gasteiger partial charge in [0.15, 0.2) is 0 Å². The summed E-state index contributed by atoms with van der Waals surface area (Å²) in [6, 6.07) is 0. The highest BCUT2D eigenvalue weighted by molar-refractivity contribution is 4.56. The molecule has 68 valence electrons. The average molecular weight is 160 g/mol. The molecule has 0 fully saturated rings. The maximum absolute atomic E-state index is 9.08. The van der Waals surface area contributed by atoms with Gasteiger partial charge < -0.3 is 15.7 Å². The van der Waals surface area contributed by atoms with Crippen molar-refractivity contribution in [1.29, 1.82) is 0 Å². The first-order chi connectivity index (χ1) is 5.16. The number of hydrogen-bond donors (Lipinski definition) is 2. The third kappa shape index (κ3) is 7.78. The molecule has 0 aliphatic heterocycles. The SMILES string of the molecule is CN(C)CCCCC(O)CN. The van der Waals surface area contributed by atoms with E-state index in [1.165, 1.54) is 0 Å². The van der Waals surface area contributed by atoms with Crippen molar-refractivity contribution in [2.75, 3.05) is 27.2 Å². The van der Waals surface area contributed by atoms with Crippen LogP contribution in [0.5, 0.6) is 0 Å². The third-order valence-corrected chi connectivity index (χ3v) is 1.66. The second-order valence-corrected chi connectivity index (χ2v) is 3.19.